The van der Waals surface area contributed by atoms with Gasteiger partial charge in [-0.2, -0.15) is 0 Å². The zero-order chi connectivity index (χ0) is 18.5. The molecule has 0 bridgehead atoms. The lowest BCUT2D eigenvalue weighted by Gasteiger charge is -2.11. The minimum atomic E-state index is -1.82. The summed E-state index contributed by atoms with van der Waals surface area (Å²) in [4.78, 5) is 18.2. The molecule has 0 atom stereocenters. The van der Waals surface area contributed by atoms with E-state index < -0.39 is 11.9 Å². The summed E-state index contributed by atoms with van der Waals surface area (Å²) in [7, 11) is 0. The Hall–Kier alpha value is -2.90. The van der Waals surface area contributed by atoms with Crippen LogP contribution in [0.4, 0.5) is 0 Å². The molecule has 0 aliphatic carbocycles. The molecule has 0 aliphatic heterocycles. The van der Waals surface area contributed by atoms with Crippen molar-refractivity contribution in [2.45, 2.75) is 0 Å². The predicted molar refractivity (Wildman–Crippen MR) is 92.6 cm³/mol. The van der Waals surface area contributed by atoms with E-state index in [9.17, 15) is 0 Å². The third-order valence-corrected chi connectivity index (χ3v) is 2.98. The van der Waals surface area contributed by atoms with Gasteiger partial charge in [-0.3, -0.25) is 0 Å². The van der Waals surface area contributed by atoms with Crippen molar-refractivity contribution in [2.24, 2.45) is 0 Å². The number of carboxylic acid groups (broad SMARTS) is 2. The van der Waals surface area contributed by atoms with Crippen LogP contribution in [0.15, 0.2) is 54.6 Å². The van der Waals surface area contributed by atoms with E-state index in [0.717, 1.165) is 23.4 Å². The fourth-order valence-corrected chi connectivity index (χ4v) is 1.89. The average molecular weight is 347 g/mol. The van der Waals surface area contributed by atoms with Crippen molar-refractivity contribution in [1.29, 1.82) is 0 Å². The molecule has 134 valence electrons. The van der Waals surface area contributed by atoms with Crippen molar-refractivity contribution >= 4 is 11.9 Å². The molecule has 0 saturated heterocycles. The molecule has 25 heavy (non-hydrogen) atoms. The van der Waals surface area contributed by atoms with E-state index in [1.807, 2.05) is 36.4 Å². The van der Waals surface area contributed by atoms with Gasteiger partial charge in [0.25, 0.3) is 0 Å². The van der Waals surface area contributed by atoms with E-state index in [-0.39, 0.29) is 6.61 Å². The van der Waals surface area contributed by atoms with Gasteiger partial charge in [-0.25, -0.2) is 9.59 Å². The van der Waals surface area contributed by atoms with Crippen LogP contribution in [0.1, 0.15) is 0 Å². The highest BCUT2D eigenvalue weighted by Gasteiger charge is 2.05. The normalized spacial score (nSPS) is 9.64. The number of rotatable bonds is 7. The van der Waals surface area contributed by atoms with E-state index in [4.69, 9.17) is 29.6 Å². The maximum absolute atomic E-state index is 9.10. The van der Waals surface area contributed by atoms with Crippen LogP contribution in [0.3, 0.4) is 0 Å². The van der Waals surface area contributed by atoms with Crippen molar-refractivity contribution in [1.82, 2.24) is 5.32 Å². The zero-order valence-corrected chi connectivity index (χ0v) is 13.6. The Labute approximate surface area is 145 Å². The first kappa shape index (κ1) is 20.1. The molecule has 0 amide bonds. The molecule has 0 spiro atoms. The van der Waals surface area contributed by atoms with Crippen LogP contribution >= 0.6 is 0 Å². The summed E-state index contributed by atoms with van der Waals surface area (Å²) in [5.74, 6) is -2.76. The molecule has 2 aromatic carbocycles. The summed E-state index contributed by atoms with van der Waals surface area (Å²) in [6.45, 7) is 2.07. The molecule has 0 aromatic heterocycles. The third kappa shape index (κ3) is 7.96. The Balaban J connectivity index is 0.000000450. The Morgan fingerprint density at radius 1 is 0.880 bits per heavy atom. The molecule has 2 rings (SSSR count). The van der Waals surface area contributed by atoms with E-state index in [1.165, 1.54) is 0 Å². The fourth-order valence-electron chi connectivity index (χ4n) is 1.89. The standard InChI is InChI=1S/C16H19NO2.C2H2O4/c18-12-10-17-11-13-19-16-9-5-4-8-15(16)14-6-2-1-3-7-14;3-1(4)2(5)6/h1-9,17-18H,10-13H2;(H,3,4)(H,5,6). The van der Waals surface area contributed by atoms with Gasteiger partial charge in [-0.1, -0.05) is 48.5 Å². The Morgan fingerprint density at radius 3 is 2.08 bits per heavy atom. The van der Waals surface area contributed by atoms with Crippen LogP contribution in [0.5, 0.6) is 5.75 Å². The first-order valence-corrected chi connectivity index (χ1v) is 7.61. The molecule has 0 radical (unpaired) electrons. The van der Waals surface area contributed by atoms with Gasteiger partial charge < -0.3 is 25.4 Å². The molecular weight excluding hydrogens is 326 g/mol. The minimum absolute atomic E-state index is 0.153. The topological polar surface area (TPSA) is 116 Å². The van der Waals surface area contributed by atoms with Crippen molar-refractivity contribution in [3.05, 3.63) is 54.6 Å². The molecular formula is C18H21NO6. The van der Waals surface area contributed by atoms with Gasteiger partial charge in [0, 0.05) is 18.7 Å². The smallest absolute Gasteiger partial charge is 0.414 e. The maximum Gasteiger partial charge on any atom is 0.414 e. The molecule has 0 unspecified atom stereocenters. The summed E-state index contributed by atoms with van der Waals surface area (Å²) in [5.41, 5.74) is 2.26. The van der Waals surface area contributed by atoms with Crippen LogP contribution in [0.2, 0.25) is 0 Å². The minimum Gasteiger partial charge on any atom is -0.492 e. The van der Waals surface area contributed by atoms with E-state index in [0.29, 0.717) is 13.2 Å². The summed E-state index contributed by atoms with van der Waals surface area (Å²) >= 11 is 0. The summed E-state index contributed by atoms with van der Waals surface area (Å²) in [5, 5.41) is 26.5. The number of aliphatic carboxylic acids is 2. The van der Waals surface area contributed by atoms with Gasteiger partial charge in [0.2, 0.25) is 0 Å². The second-order valence-electron chi connectivity index (χ2n) is 4.79. The summed E-state index contributed by atoms with van der Waals surface area (Å²) < 4.78 is 5.79. The molecule has 0 fully saturated rings. The molecule has 4 N–H and O–H groups in total. The van der Waals surface area contributed by atoms with Crippen LogP contribution in [0, 0.1) is 0 Å². The lowest BCUT2D eigenvalue weighted by Crippen LogP contribution is -2.24. The van der Waals surface area contributed by atoms with Crippen molar-refractivity contribution in [2.75, 3.05) is 26.3 Å². The number of para-hydroxylation sites is 1. The largest absolute Gasteiger partial charge is 0.492 e. The summed E-state index contributed by atoms with van der Waals surface area (Å²) in [6.07, 6.45) is 0. The maximum atomic E-state index is 9.10. The highest BCUT2D eigenvalue weighted by molar-refractivity contribution is 6.27. The van der Waals surface area contributed by atoms with E-state index in [1.54, 1.807) is 0 Å². The van der Waals surface area contributed by atoms with Crippen molar-refractivity contribution in [3.8, 4) is 16.9 Å². The van der Waals surface area contributed by atoms with Crippen molar-refractivity contribution < 1.29 is 29.6 Å². The second-order valence-corrected chi connectivity index (χ2v) is 4.79. The Kier molecular flexibility index (Phi) is 9.35. The first-order valence-electron chi connectivity index (χ1n) is 7.61. The quantitative estimate of drug-likeness (QED) is 0.443. The number of hydrogen-bond donors (Lipinski definition) is 4. The number of aliphatic hydroxyl groups is 1. The molecule has 0 heterocycles. The number of hydrogen-bond acceptors (Lipinski definition) is 5. The zero-order valence-electron chi connectivity index (χ0n) is 13.6. The number of carboxylic acids is 2. The third-order valence-electron chi connectivity index (χ3n) is 2.98. The number of aliphatic hydroxyl groups excluding tert-OH is 1. The average Bonchev–Trinajstić information content (AvgIpc) is 2.63. The highest BCUT2D eigenvalue weighted by Crippen LogP contribution is 2.29. The van der Waals surface area contributed by atoms with Crippen LogP contribution in [-0.2, 0) is 9.59 Å². The van der Waals surface area contributed by atoms with Crippen LogP contribution in [0.25, 0.3) is 11.1 Å². The van der Waals surface area contributed by atoms with E-state index >= 15 is 0 Å². The van der Waals surface area contributed by atoms with Gasteiger partial charge in [-0.05, 0) is 11.6 Å². The fraction of sp³-hybridized carbons (Fsp3) is 0.222. The van der Waals surface area contributed by atoms with Gasteiger partial charge in [0.05, 0.1) is 6.61 Å². The van der Waals surface area contributed by atoms with Crippen molar-refractivity contribution in [3.63, 3.8) is 0 Å². The molecule has 2 aromatic rings. The highest BCUT2D eigenvalue weighted by atomic mass is 16.5. The first-order chi connectivity index (χ1) is 12.1. The van der Waals surface area contributed by atoms with E-state index in [2.05, 4.69) is 23.5 Å². The second kappa shape index (κ2) is 11.6. The van der Waals surface area contributed by atoms with Gasteiger partial charge in [-0.15, -0.1) is 0 Å². The molecule has 7 nitrogen and oxygen atoms in total. The molecule has 0 aliphatic rings. The predicted octanol–water partition coefficient (Wildman–Crippen LogP) is 1.47. The van der Waals surface area contributed by atoms with Crippen LogP contribution in [-0.4, -0.2) is 53.6 Å². The van der Waals surface area contributed by atoms with Gasteiger partial charge in [0.1, 0.15) is 12.4 Å². The molecule has 7 heteroatoms. The Morgan fingerprint density at radius 2 is 1.48 bits per heavy atom. The Bertz CT molecular complexity index is 648. The SMILES string of the molecule is O=C(O)C(=O)O.OCCNCCOc1ccccc1-c1ccccc1. The molecule has 0 saturated carbocycles. The van der Waals surface area contributed by atoms with Gasteiger partial charge in [0.15, 0.2) is 0 Å². The number of benzene rings is 2. The summed E-state index contributed by atoms with van der Waals surface area (Å²) in [6, 6.07) is 18.2. The van der Waals surface area contributed by atoms with Crippen LogP contribution < -0.4 is 10.1 Å². The number of ether oxygens (including phenoxy) is 1. The number of carbonyl (C=O) groups is 2. The number of nitrogens with one attached hydrogen (secondary N) is 1. The monoisotopic (exact) mass is 347 g/mol. The lowest BCUT2D eigenvalue weighted by atomic mass is 10.1. The van der Waals surface area contributed by atoms with Gasteiger partial charge >= 0.3 is 11.9 Å². The lowest BCUT2D eigenvalue weighted by molar-refractivity contribution is -0.159.